The molecule has 4 rings (SSSR count). The van der Waals surface area contributed by atoms with Crippen molar-refractivity contribution in [3.05, 3.63) is 47.5 Å². The maximum Gasteiger partial charge on any atom is 0.277 e. The number of nitrogens with zero attached hydrogens (tertiary/aromatic N) is 1. The Kier molecular flexibility index (Phi) is 4.41. The van der Waals surface area contributed by atoms with E-state index in [0.29, 0.717) is 29.4 Å². The molecule has 8 heteroatoms. The van der Waals surface area contributed by atoms with Gasteiger partial charge in [-0.05, 0) is 55.5 Å². The van der Waals surface area contributed by atoms with Crippen molar-refractivity contribution in [1.82, 2.24) is 15.4 Å². The second-order valence-corrected chi connectivity index (χ2v) is 6.80. The molecule has 0 saturated heterocycles. The van der Waals surface area contributed by atoms with Crippen LogP contribution < -0.4 is 16.5 Å². The molecule has 140 valence electrons. The highest BCUT2D eigenvalue weighted by Crippen LogP contribution is 2.32. The number of nitrogen functional groups attached to an aromatic ring is 1. The summed E-state index contributed by atoms with van der Waals surface area (Å²) in [5.41, 5.74) is 11.0. The number of carbonyl (C=O) groups excluding carboxylic acids is 1. The Hall–Kier alpha value is -3.13. The average molecular weight is 369 g/mol. The third-order valence-electron chi connectivity index (χ3n) is 4.59. The number of rotatable bonds is 6. The molecule has 0 atom stereocenters. The van der Waals surface area contributed by atoms with Crippen molar-refractivity contribution in [2.24, 2.45) is 5.92 Å². The number of hydroxylamine groups is 1. The Morgan fingerprint density at radius 1 is 1.41 bits per heavy atom. The van der Waals surface area contributed by atoms with E-state index in [0.717, 1.165) is 18.4 Å². The van der Waals surface area contributed by atoms with E-state index >= 15 is 4.39 Å². The second-order valence-electron chi connectivity index (χ2n) is 6.80. The van der Waals surface area contributed by atoms with Gasteiger partial charge in [-0.3, -0.25) is 9.63 Å². The molecule has 3 aromatic rings. The summed E-state index contributed by atoms with van der Waals surface area (Å²) in [5.74, 6) is -0.647. The number of anilines is 3. The number of carbonyl (C=O) groups is 1. The van der Waals surface area contributed by atoms with Crippen molar-refractivity contribution in [3.8, 4) is 0 Å². The number of hydrogen-bond acceptors (Lipinski definition) is 5. The quantitative estimate of drug-likeness (QED) is 0.394. The maximum absolute atomic E-state index is 15.1. The van der Waals surface area contributed by atoms with Gasteiger partial charge in [0.2, 0.25) is 0 Å². The minimum absolute atomic E-state index is 0.0370. The SMILES string of the molecule is Cc1cc(N)ccc1Nc1c(C(=O)NOCC2CC2)cc2[nH]cnc2c1F. The summed E-state index contributed by atoms with van der Waals surface area (Å²) < 4.78 is 15.1. The van der Waals surface area contributed by atoms with Gasteiger partial charge in [-0.2, -0.15) is 0 Å². The van der Waals surface area contributed by atoms with Crippen LogP contribution >= 0.6 is 0 Å². The first-order valence-corrected chi connectivity index (χ1v) is 8.74. The molecule has 27 heavy (non-hydrogen) atoms. The molecule has 1 heterocycles. The zero-order chi connectivity index (χ0) is 19.0. The van der Waals surface area contributed by atoms with Crippen molar-refractivity contribution in [2.75, 3.05) is 17.7 Å². The van der Waals surface area contributed by atoms with Gasteiger partial charge in [0.05, 0.1) is 29.7 Å². The third-order valence-corrected chi connectivity index (χ3v) is 4.59. The lowest BCUT2D eigenvalue weighted by Crippen LogP contribution is -2.26. The van der Waals surface area contributed by atoms with E-state index < -0.39 is 11.7 Å². The third kappa shape index (κ3) is 3.56. The van der Waals surface area contributed by atoms with E-state index in [1.807, 2.05) is 6.92 Å². The molecule has 1 aromatic heterocycles. The molecule has 1 aliphatic carbocycles. The number of aromatic amines is 1. The number of hydrogen-bond donors (Lipinski definition) is 4. The van der Waals surface area contributed by atoms with Crippen molar-refractivity contribution < 1.29 is 14.0 Å². The molecule has 1 saturated carbocycles. The molecule has 0 aliphatic heterocycles. The number of halogens is 1. The highest BCUT2D eigenvalue weighted by Gasteiger charge is 2.24. The summed E-state index contributed by atoms with van der Waals surface area (Å²) in [4.78, 5) is 24.7. The number of aromatic nitrogens is 2. The van der Waals surface area contributed by atoms with Crippen LogP contribution in [0.25, 0.3) is 11.0 Å². The monoisotopic (exact) mass is 369 g/mol. The molecule has 0 bridgehead atoms. The number of fused-ring (bicyclic) bond motifs is 1. The van der Waals surface area contributed by atoms with Gasteiger partial charge >= 0.3 is 0 Å². The smallest absolute Gasteiger partial charge is 0.277 e. The summed E-state index contributed by atoms with van der Waals surface area (Å²) in [6.45, 7) is 2.31. The van der Waals surface area contributed by atoms with Crippen LogP contribution in [0.5, 0.6) is 0 Å². The maximum atomic E-state index is 15.1. The van der Waals surface area contributed by atoms with Crippen LogP contribution in [0.3, 0.4) is 0 Å². The Morgan fingerprint density at radius 3 is 2.96 bits per heavy atom. The summed E-state index contributed by atoms with van der Waals surface area (Å²) in [6.07, 6.45) is 3.60. The van der Waals surface area contributed by atoms with Gasteiger partial charge in [-0.25, -0.2) is 14.9 Å². The summed E-state index contributed by atoms with van der Waals surface area (Å²) in [5, 5.41) is 3.01. The van der Waals surface area contributed by atoms with Crippen molar-refractivity contribution in [2.45, 2.75) is 19.8 Å². The fraction of sp³-hybridized carbons (Fsp3) is 0.263. The number of nitrogens with two attached hydrogens (primary N) is 1. The number of aryl methyl sites for hydroxylation is 1. The van der Waals surface area contributed by atoms with E-state index in [1.165, 1.54) is 6.33 Å². The van der Waals surface area contributed by atoms with Crippen LogP contribution in [0, 0.1) is 18.7 Å². The first-order chi connectivity index (χ1) is 13.0. The Balaban J connectivity index is 1.69. The molecule has 7 nitrogen and oxygen atoms in total. The van der Waals surface area contributed by atoms with Gasteiger partial charge in [-0.15, -0.1) is 0 Å². The van der Waals surface area contributed by atoms with Gasteiger partial charge < -0.3 is 16.0 Å². The minimum Gasteiger partial charge on any atom is -0.399 e. The number of benzene rings is 2. The van der Waals surface area contributed by atoms with E-state index in [1.54, 1.807) is 24.3 Å². The molecule has 0 radical (unpaired) electrons. The van der Waals surface area contributed by atoms with Crippen LogP contribution in [-0.4, -0.2) is 22.5 Å². The summed E-state index contributed by atoms with van der Waals surface area (Å²) >= 11 is 0. The number of H-pyrrole nitrogens is 1. The summed E-state index contributed by atoms with van der Waals surface area (Å²) in [6, 6.07) is 6.77. The molecule has 1 amide bonds. The molecule has 5 N–H and O–H groups in total. The minimum atomic E-state index is -0.614. The van der Waals surface area contributed by atoms with Gasteiger partial charge in [0.1, 0.15) is 5.52 Å². The molecular weight excluding hydrogens is 349 g/mol. The molecular formula is C19H20FN5O2. The topological polar surface area (TPSA) is 105 Å². The van der Waals surface area contributed by atoms with Crippen molar-refractivity contribution in [3.63, 3.8) is 0 Å². The van der Waals surface area contributed by atoms with Gasteiger partial charge in [-0.1, -0.05) is 0 Å². The fourth-order valence-corrected chi connectivity index (χ4v) is 2.87. The van der Waals surface area contributed by atoms with Crippen LogP contribution in [0.4, 0.5) is 21.5 Å². The zero-order valence-corrected chi connectivity index (χ0v) is 14.8. The Bertz CT molecular complexity index is 1010. The predicted molar refractivity (Wildman–Crippen MR) is 101 cm³/mol. The van der Waals surface area contributed by atoms with Crippen molar-refractivity contribution in [1.29, 1.82) is 0 Å². The standard InChI is InChI=1S/C19H20FN5O2/c1-10-6-12(21)4-5-14(10)24-17-13(19(26)25-27-8-11-2-3-11)7-15-18(16(17)20)23-9-22-15/h4-7,9,11,24H,2-3,8,21H2,1H3,(H,22,23)(H,25,26). The number of imidazole rings is 1. The van der Waals surface area contributed by atoms with Gasteiger partial charge in [0, 0.05) is 11.4 Å². The van der Waals surface area contributed by atoms with E-state index in [-0.39, 0.29) is 16.8 Å². The lowest BCUT2D eigenvalue weighted by atomic mass is 10.1. The lowest BCUT2D eigenvalue weighted by molar-refractivity contribution is 0.0271. The Morgan fingerprint density at radius 2 is 2.22 bits per heavy atom. The largest absolute Gasteiger partial charge is 0.399 e. The molecule has 0 spiro atoms. The Labute approximate surface area is 155 Å². The van der Waals surface area contributed by atoms with E-state index in [4.69, 9.17) is 10.6 Å². The van der Waals surface area contributed by atoms with Crippen molar-refractivity contribution >= 4 is 34.0 Å². The lowest BCUT2D eigenvalue weighted by Gasteiger charge is -2.15. The first-order valence-electron chi connectivity index (χ1n) is 8.74. The van der Waals surface area contributed by atoms with E-state index in [9.17, 15) is 4.79 Å². The van der Waals surface area contributed by atoms with Crippen LogP contribution in [0.1, 0.15) is 28.8 Å². The van der Waals surface area contributed by atoms with Crippen LogP contribution in [-0.2, 0) is 4.84 Å². The van der Waals surface area contributed by atoms with Crippen LogP contribution in [0.15, 0.2) is 30.6 Å². The summed E-state index contributed by atoms with van der Waals surface area (Å²) in [7, 11) is 0. The van der Waals surface area contributed by atoms with Gasteiger partial charge in [0.15, 0.2) is 5.82 Å². The highest BCUT2D eigenvalue weighted by atomic mass is 19.1. The molecule has 2 aromatic carbocycles. The second kappa shape index (κ2) is 6.88. The van der Waals surface area contributed by atoms with E-state index in [2.05, 4.69) is 20.8 Å². The predicted octanol–water partition coefficient (Wildman–Crippen LogP) is 3.41. The molecule has 0 unspecified atom stereocenters. The fourth-order valence-electron chi connectivity index (χ4n) is 2.87. The average Bonchev–Trinajstić information content (AvgIpc) is 3.33. The molecule has 1 aliphatic rings. The first kappa shape index (κ1) is 17.3. The number of nitrogens with one attached hydrogen (secondary N) is 3. The van der Waals surface area contributed by atoms with Gasteiger partial charge in [0.25, 0.3) is 5.91 Å². The normalized spacial score (nSPS) is 13.7. The highest BCUT2D eigenvalue weighted by molar-refractivity contribution is 6.04. The zero-order valence-electron chi connectivity index (χ0n) is 14.8. The van der Waals surface area contributed by atoms with Crippen LogP contribution in [0.2, 0.25) is 0 Å². The number of amides is 1. The molecule has 1 fully saturated rings.